The summed E-state index contributed by atoms with van der Waals surface area (Å²) >= 11 is 0. The normalized spacial score (nSPS) is 14.8. The van der Waals surface area contributed by atoms with E-state index in [1.807, 2.05) is 20.8 Å². The molecule has 3 rings (SSSR count). The molecule has 2 heterocycles. The van der Waals surface area contributed by atoms with E-state index in [1.54, 1.807) is 30.0 Å². The van der Waals surface area contributed by atoms with E-state index in [1.165, 1.54) is 16.8 Å². The van der Waals surface area contributed by atoms with Gasteiger partial charge in [-0.2, -0.15) is 5.10 Å². The molecule has 32 heavy (non-hydrogen) atoms. The van der Waals surface area contributed by atoms with E-state index in [9.17, 15) is 18.8 Å². The van der Waals surface area contributed by atoms with Crippen molar-refractivity contribution in [2.45, 2.75) is 40.5 Å². The van der Waals surface area contributed by atoms with Crippen LogP contribution in [0.5, 0.6) is 0 Å². The quantitative estimate of drug-likeness (QED) is 0.716. The van der Waals surface area contributed by atoms with Crippen LogP contribution in [0.1, 0.15) is 39.3 Å². The molecular formula is C23H29FN4O4. The van der Waals surface area contributed by atoms with Gasteiger partial charge in [0.2, 0.25) is 5.91 Å². The highest BCUT2D eigenvalue weighted by Gasteiger charge is 2.33. The highest BCUT2D eigenvalue weighted by atomic mass is 19.1. The lowest BCUT2D eigenvalue weighted by Gasteiger charge is -2.34. The van der Waals surface area contributed by atoms with Crippen molar-refractivity contribution in [2.75, 3.05) is 25.0 Å². The Morgan fingerprint density at radius 1 is 1.16 bits per heavy atom. The Morgan fingerprint density at radius 2 is 1.78 bits per heavy atom. The van der Waals surface area contributed by atoms with E-state index < -0.39 is 23.9 Å². The molecule has 1 saturated heterocycles. The van der Waals surface area contributed by atoms with Crippen LogP contribution in [0.2, 0.25) is 0 Å². The third-order valence-electron chi connectivity index (χ3n) is 5.27. The Balaban J connectivity index is 1.51. The fourth-order valence-corrected chi connectivity index (χ4v) is 3.59. The number of aromatic nitrogens is 2. The van der Waals surface area contributed by atoms with Crippen molar-refractivity contribution in [2.24, 2.45) is 11.3 Å². The second-order valence-corrected chi connectivity index (χ2v) is 9.03. The number of hydrogen-bond acceptors (Lipinski definition) is 5. The van der Waals surface area contributed by atoms with Crippen LogP contribution in [0, 0.1) is 24.1 Å². The second kappa shape index (κ2) is 9.50. The molecule has 0 bridgehead atoms. The van der Waals surface area contributed by atoms with Gasteiger partial charge in [-0.1, -0.05) is 20.8 Å². The molecule has 8 nitrogen and oxygen atoms in total. The van der Waals surface area contributed by atoms with Gasteiger partial charge in [-0.25, -0.2) is 9.07 Å². The molecule has 0 atom stereocenters. The summed E-state index contributed by atoms with van der Waals surface area (Å²) in [4.78, 5) is 38.9. The van der Waals surface area contributed by atoms with E-state index in [-0.39, 0.29) is 17.6 Å². The molecule has 1 fully saturated rings. The Hall–Kier alpha value is -3.23. The molecule has 0 unspecified atom stereocenters. The van der Waals surface area contributed by atoms with Crippen LogP contribution < -0.4 is 5.32 Å². The smallest absolute Gasteiger partial charge is 0.309 e. The Bertz CT molecular complexity index is 986. The zero-order valence-electron chi connectivity index (χ0n) is 18.9. The van der Waals surface area contributed by atoms with Crippen LogP contribution in [0.25, 0.3) is 5.69 Å². The number of rotatable bonds is 5. The lowest BCUT2D eigenvalue weighted by Crippen LogP contribution is -2.45. The summed E-state index contributed by atoms with van der Waals surface area (Å²) in [5.74, 6) is -1.18. The largest absolute Gasteiger partial charge is 0.455 e. The van der Waals surface area contributed by atoms with Crippen LogP contribution in [-0.4, -0.2) is 52.2 Å². The van der Waals surface area contributed by atoms with Gasteiger partial charge in [0.15, 0.2) is 6.61 Å². The van der Waals surface area contributed by atoms with Crippen molar-refractivity contribution in [1.82, 2.24) is 14.7 Å². The number of likely N-dealkylation sites (tertiary alicyclic amines) is 1. The number of nitrogens with one attached hydrogen (secondary N) is 1. The minimum atomic E-state index is -0.498. The summed E-state index contributed by atoms with van der Waals surface area (Å²) in [7, 11) is 0. The molecule has 172 valence electrons. The number of aryl methyl sites for hydroxylation is 1. The van der Waals surface area contributed by atoms with Gasteiger partial charge in [0, 0.05) is 24.6 Å². The predicted octanol–water partition coefficient (Wildman–Crippen LogP) is 3.09. The van der Waals surface area contributed by atoms with Crippen LogP contribution in [-0.2, 0) is 19.1 Å². The maximum absolute atomic E-state index is 13.2. The topological polar surface area (TPSA) is 93.5 Å². The lowest BCUT2D eigenvalue weighted by molar-refractivity contribution is -0.155. The molecular weight excluding hydrogens is 415 g/mol. The first-order valence-corrected chi connectivity index (χ1v) is 10.6. The van der Waals surface area contributed by atoms with E-state index in [4.69, 9.17) is 4.74 Å². The van der Waals surface area contributed by atoms with Crippen molar-refractivity contribution >= 4 is 23.6 Å². The van der Waals surface area contributed by atoms with Crippen LogP contribution >= 0.6 is 0 Å². The summed E-state index contributed by atoms with van der Waals surface area (Å²) in [5.41, 5.74) is 0.797. The van der Waals surface area contributed by atoms with Crippen LogP contribution in [0.15, 0.2) is 30.3 Å². The molecule has 1 aromatic carbocycles. The summed E-state index contributed by atoms with van der Waals surface area (Å²) < 4.78 is 19.9. The number of esters is 1. The third kappa shape index (κ3) is 5.72. The number of piperidine rings is 1. The van der Waals surface area contributed by atoms with Crippen molar-refractivity contribution in [1.29, 1.82) is 0 Å². The Morgan fingerprint density at radius 3 is 2.38 bits per heavy atom. The van der Waals surface area contributed by atoms with Crippen LogP contribution in [0.3, 0.4) is 0 Å². The fraction of sp³-hybridized carbons (Fsp3) is 0.478. The molecule has 9 heteroatoms. The first-order valence-electron chi connectivity index (χ1n) is 10.6. The highest BCUT2D eigenvalue weighted by Crippen LogP contribution is 2.24. The number of nitrogens with zero attached hydrogens (tertiary/aromatic N) is 3. The van der Waals surface area contributed by atoms with Gasteiger partial charge < -0.3 is 15.0 Å². The monoisotopic (exact) mass is 444 g/mol. The van der Waals surface area contributed by atoms with E-state index in [0.29, 0.717) is 43.1 Å². The van der Waals surface area contributed by atoms with Gasteiger partial charge in [-0.15, -0.1) is 0 Å². The molecule has 1 N–H and O–H groups in total. The number of halogens is 1. The number of anilines is 1. The highest BCUT2D eigenvalue weighted by molar-refractivity contribution is 5.92. The summed E-state index contributed by atoms with van der Waals surface area (Å²) in [6.45, 7) is 7.96. The number of benzene rings is 1. The molecule has 0 radical (unpaired) electrons. The minimum absolute atomic E-state index is 0.0664. The number of ether oxygens (including phenoxy) is 1. The molecule has 2 amide bonds. The predicted molar refractivity (Wildman–Crippen MR) is 117 cm³/mol. The second-order valence-electron chi connectivity index (χ2n) is 9.03. The van der Waals surface area contributed by atoms with Gasteiger partial charge in [-0.05, 0) is 44.0 Å². The maximum Gasteiger partial charge on any atom is 0.309 e. The molecule has 1 aromatic heterocycles. The maximum atomic E-state index is 13.2. The summed E-state index contributed by atoms with van der Waals surface area (Å²) in [6, 6.07) is 7.38. The molecule has 1 aliphatic rings. The number of amides is 2. The zero-order valence-corrected chi connectivity index (χ0v) is 18.9. The first-order chi connectivity index (χ1) is 15.0. The van der Waals surface area contributed by atoms with Gasteiger partial charge in [0.25, 0.3) is 5.91 Å². The van der Waals surface area contributed by atoms with Crippen molar-refractivity contribution in [3.05, 3.63) is 41.8 Å². The average Bonchev–Trinajstić information content (AvgIpc) is 3.11. The molecule has 1 aliphatic heterocycles. The Kier molecular flexibility index (Phi) is 6.96. The van der Waals surface area contributed by atoms with Gasteiger partial charge in [-0.3, -0.25) is 14.4 Å². The zero-order chi connectivity index (χ0) is 23.5. The van der Waals surface area contributed by atoms with Crippen molar-refractivity contribution < 1.29 is 23.5 Å². The Labute approximate surface area is 186 Å². The SMILES string of the molecule is Cc1cc(NC(=O)COC(=O)C2CCN(C(=O)C(C)(C)C)CC2)n(-c2ccc(F)cc2)n1. The van der Waals surface area contributed by atoms with Gasteiger partial charge >= 0.3 is 5.97 Å². The fourth-order valence-electron chi connectivity index (χ4n) is 3.59. The first kappa shape index (κ1) is 23.4. The average molecular weight is 445 g/mol. The minimum Gasteiger partial charge on any atom is -0.455 e. The van der Waals surface area contributed by atoms with Crippen molar-refractivity contribution in [3.8, 4) is 5.69 Å². The number of carbonyl (C=O) groups excluding carboxylic acids is 3. The summed E-state index contributed by atoms with van der Waals surface area (Å²) in [5, 5.41) is 6.99. The van der Waals surface area contributed by atoms with Gasteiger partial charge in [0.1, 0.15) is 11.6 Å². The van der Waals surface area contributed by atoms with E-state index >= 15 is 0 Å². The molecule has 2 aromatic rings. The number of hydrogen-bond donors (Lipinski definition) is 1. The van der Waals surface area contributed by atoms with Crippen LogP contribution in [0.4, 0.5) is 10.2 Å². The molecule has 0 saturated carbocycles. The lowest BCUT2D eigenvalue weighted by atomic mass is 9.91. The standard InChI is InChI=1S/C23H29FN4O4/c1-15-13-19(28(26-15)18-7-5-17(24)6-8-18)25-20(29)14-32-21(30)16-9-11-27(12-10-16)22(31)23(2,3)4/h5-8,13,16H,9-12,14H2,1-4H3,(H,25,29). The summed E-state index contributed by atoms with van der Waals surface area (Å²) in [6.07, 6.45) is 1.03. The van der Waals surface area contributed by atoms with E-state index in [2.05, 4.69) is 10.4 Å². The number of carbonyl (C=O) groups is 3. The van der Waals surface area contributed by atoms with Gasteiger partial charge in [0.05, 0.1) is 17.3 Å². The molecule has 0 aliphatic carbocycles. The third-order valence-corrected chi connectivity index (χ3v) is 5.27. The van der Waals surface area contributed by atoms with Crippen molar-refractivity contribution in [3.63, 3.8) is 0 Å². The molecule has 0 spiro atoms. The van der Waals surface area contributed by atoms with E-state index in [0.717, 1.165) is 0 Å².